The lowest BCUT2D eigenvalue weighted by Crippen LogP contribution is -2.47. The fourth-order valence-electron chi connectivity index (χ4n) is 3.57. The van der Waals surface area contributed by atoms with E-state index in [0.29, 0.717) is 23.6 Å². The van der Waals surface area contributed by atoms with Crippen molar-refractivity contribution in [2.45, 2.75) is 6.42 Å². The molecule has 162 valence electrons. The highest BCUT2D eigenvalue weighted by Crippen LogP contribution is 2.22. The van der Waals surface area contributed by atoms with E-state index in [1.807, 2.05) is 12.1 Å². The number of hydrogen-bond acceptors (Lipinski definition) is 6. The van der Waals surface area contributed by atoms with E-state index in [1.54, 1.807) is 39.5 Å². The molecule has 0 unspecified atom stereocenters. The number of hydrogen-bond donors (Lipinski definition) is 1. The standard InChI is InChI=1S/C23H31N3O4/c1-28-20-7-5-19(6-8-20)26-13-11-25(12-14-26)10-4-9-24-23(27)18-15-21(29-2)17-22(16-18)30-3/h5-8,15-17H,4,9-14H2,1-3H3,(H,24,27). The minimum Gasteiger partial charge on any atom is -0.497 e. The van der Waals surface area contributed by atoms with E-state index in [2.05, 4.69) is 27.2 Å². The molecule has 3 rings (SSSR count). The fraction of sp³-hybridized carbons (Fsp3) is 0.435. The SMILES string of the molecule is COc1ccc(N2CCN(CCCNC(=O)c3cc(OC)cc(OC)c3)CC2)cc1. The zero-order valence-electron chi connectivity index (χ0n) is 18.0. The highest BCUT2D eigenvalue weighted by molar-refractivity contribution is 5.95. The summed E-state index contributed by atoms with van der Waals surface area (Å²) >= 11 is 0. The van der Waals surface area contributed by atoms with Gasteiger partial charge >= 0.3 is 0 Å². The van der Waals surface area contributed by atoms with Crippen molar-refractivity contribution in [3.8, 4) is 17.2 Å². The minimum absolute atomic E-state index is 0.114. The van der Waals surface area contributed by atoms with Crippen molar-refractivity contribution in [3.63, 3.8) is 0 Å². The number of carbonyl (C=O) groups is 1. The van der Waals surface area contributed by atoms with E-state index in [4.69, 9.17) is 14.2 Å². The van der Waals surface area contributed by atoms with Crippen LogP contribution in [0.3, 0.4) is 0 Å². The van der Waals surface area contributed by atoms with Gasteiger partial charge in [0.1, 0.15) is 17.2 Å². The summed E-state index contributed by atoms with van der Waals surface area (Å²) in [5, 5.41) is 2.99. The van der Waals surface area contributed by atoms with Gasteiger partial charge in [-0.15, -0.1) is 0 Å². The van der Waals surface area contributed by atoms with Crippen molar-refractivity contribution in [2.24, 2.45) is 0 Å². The highest BCUT2D eigenvalue weighted by Gasteiger charge is 2.17. The topological polar surface area (TPSA) is 63.3 Å². The normalized spacial score (nSPS) is 14.3. The summed E-state index contributed by atoms with van der Waals surface area (Å²) in [7, 11) is 4.83. The molecule has 0 atom stereocenters. The molecule has 0 bridgehead atoms. The van der Waals surface area contributed by atoms with Gasteiger partial charge in [0.25, 0.3) is 5.91 Å². The molecule has 7 nitrogen and oxygen atoms in total. The van der Waals surface area contributed by atoms with Gasteiger partial charge in [0.2, 0.25) is 0 Å². The minimum atomic E-state index is -0.114. The van der Waals surface area contributed by atoms with Crippen molar-refractivity contribution in [1.82, 2.24) is 10.2 Å². The molecular formula is C23H31N3O4. The smallest absolute Gasteiger partial charge is 0.251 e. The van der Waals surface area contributed by atoms with E-state index < -0.39 is 0 Å². The quantitative estimate of drug-likeness (QED) is 0.638. The van der Waals surface area contributed by atoms with E-state index >= 15 is 0 Å². The first-order valence-corrected chi connectivity index (χ1v) is 10.3. The molecule has 7 heteroatoms. The van der Waals surface area contributed by atoms with Gasteiger partial charge in [-0.05, 0) is 49.4 Å². The molecule has 0 spiro atoms. The van der Waals surface area contributed by atoms with Crippen molar-refractivity contribution < 1.29 is 19.0 Å². The Morgan fingerprint density at radius 3 is 2.03 bits per heavy atom. The van der Waals surface area contributed by atoms with Crippen LogP contribution in [0.15, 0.2) is 42.5 Å². The number of rotatable bonds is 9. The second-order valence-electron chi connectivity index (χ2n) is 7.24. The van der Waals surface area contributed by atoms with Crippen molar-refractivity contribution >= 4 is 11.6 Å². The van der Waals surface area contributed by atoms with Gasteiger partial charge in [-0.25, -0.2) is 0 Å². The second-order valence-corrected chi connectivity index (χ2v) is 7.24. The van der Waals surface area contributed by atoms with Crippen LogP contribution in [-0.4, -0.2) is 71.4 Å². The highest BCUT2D eigenvalue weighted by atomic mass is 16.5. The Morgan fingerprint density at radius 1 is 0.867 bits per heavy atom. The Morgan fingerprint density at radius 2 is 1.47 bits per heavy atom. The van der Waals surface area contributed by atoms with Gasteiger partial charge in [0.15, 0.2) is 0 Å². The number of benzene rings is 2. The van der Waals surface area contributed by atoms with Gasteiger partial charge in [-0.1, -0.05) is 0 Å². The number of carbonyl (C=O) groups excluding carboxylic acids is 1. The lowest BCUT2D eigenvalue weighted by Gasteiger charge is -2.36. The Bertz CT molecular complexity index is 795. The molecule has 1 fully saturated rings. The van der Waals surface area contributed by atoms with Gasteiger partial charge in [-0.2, -0.15) is 0 Å². The number of nitrogens with zero attached hydrogens (tertiary/aromatic N) is 2. The van der Waals surface area contributed by atoms with Crippen LogP contribution in [0.5, 0.6) is 17.2 Å². The van der Waals surface area contributed by atoms with Crippen LogP contribution in [0.25, 0.3) is 0 Å². The molecule has 0 aliphatic carbocycles. The third kappa shape index (κ3) is 5.79. The molecule has 30 heavy (non-hydrogen) atoms. The Kier molecular flexibility index (Phi) is 7.79. The first-order valence-electron chi connectivity index (χ1n) is 10.3. The van der Waals surface area contributed by atoms with Gasteiger partial charge in [0.05, 0.1) is 21.3 Å². The molecule has 2 aromatic carbocycles. The maximum absolute atomic E-state index is 12.4. The first kappa shape index (κ1) is 21.8. The summed E-state index contributed by atoms with van der Waals surface area (Å²) in [6.45, 7) is 5.65. The average Bonchev–Trinajstić information content (AvgIpc) is 2.81. The molecule has 0 radical (unpaired) electrons. The van der Waals surface area contributed by atoms with Crippen LogP contribution in [0.1, 0.15) is 16.8 Å². The largest absolute Gasteiger partial charge is 0.497 e. The Hall–Kier alpha value is -2.93. The maximum atomic E-state index is 12.4. The third-order valence-corrected chi connectivity index (χ3v) is 5.36. The van der Waals surface area contributed by atoms with Crippen molar-refractivity contribution in [2.75, 3.05) is 65.5 Å². The van der Waals surface area contributed by atoms with E-state index in [1.165, 1.54) is 5.69 Å². The second kappa shape index (κ2) is 10.7. The average molecular weight is 414 g/mol. The number of nitrogens with one attached hydrogen (secondary N) is 1. The Balaban J connectivity index is 1.38. The summed E-state index contributed by atoms with van der Waals surface area (Å²) < 4.78 is 15.7. The predicted octanol–water partition coefficient (Wildman–Crippen LogP) is 2.65. The van der Waals surface area contributed by atoms with Crippen LogP contribution < -0.4 is 24.4 Å². The van der Waals surface area contributed by atoms with Crippen molar-refractivity contribution in [1.29, 1.82) is 0 Å². The van der Waals surface area contributed by atoms with Gasteiger partial charge in [0, 0.05) is 50.0 Å². The number of amides is 1. The molecule has 1 N–H and O–H groups in total. The fourth-order valence-corrected chi connectivity index (χ4v) is 3.57. The molecular weight excluding hydrogens is 382 g/mol. The zero-order valence-corrected chi connectivity index (χ0v) is 18.0. The van der Waals surface area contributed by atoms with Crippen LogP contribution in [-0.2, 0) is 0 Å². The summed E-state index contributed by atoms with van der Waals surface area (Å²) in [5.74, 6) is 1.98. The molecule has 1 saturated heterocycles. The molecule has 0 saturated carbocycles. The van der Waals surface area contributed by atoms with Gasteiger partial charge < -0.3 is 24.4 Å². The van der Waals surface area contributed by atoms with E-state index in [0.717, 1.165) is 44.9 Å². The van der Waals surface area contributed by atoms with E-state index in [9.17, 15) is 4.79 Å². The summed E-state index contributed by atoms with van der Waals surface area (Å²) in [4.78, 5) is 17.3. The summed E-state index contributed by atoms with van der Waals surface area (Å²) in [6.07, 6.45) is 0.912. The summed E-state index contributed by atoms with van der Waals surface area (Å²) in [5.41, 5.74) is 1.77. The zero-order chi connectivity index (χ0) is 21.3. The molecule has 1 aliphatic rings. The molecule has 2 aromatic rings. The molecule has 1 amide bonds. The van der Waals surface area contributed by atoms with Crippen LogP contribution in [0, 0.1) is 0 Å². The molecule has 1 heterocycles. The van der Waals surface area contributed by atoms with Crippen LogP contribution >= 0.6 is 0 Å². The predicted molar refractivity (Wildman–Crippen MR) is 118 cm³/mol. The van der Waals surface area contributed by atoms with Crippen molar-refractivity contribution in [3.05, 3.63) is 48.0 Å². The number of methoxy groups -OCH3 is 3. The van der Waals surface area contributed by atoms with Crippen LogP contribution in [0.2, 0.25) is 0 Å². The number of ether oxygens (including phenoxy) is 3. The number of anilines is 1. The number of piperazine rings is 1. The Labute approximate surface area is 178 Å². The summed E-state index contributed by atoms with van der Waals surface area (Å²) in [6, 6.07) is 13.4. The lowest BCUT2D eigenvalue weighted by molar-refractivity contribution is 0.0950. The molecule has 0 aromatic heterocycles. The third-order valence-electron chi connectivity index (χ3n) is 5.36. The van der Waals surface area contributed by atoms with E-state index in [-0.39, 0.29) is 5.91 Å². The van der Waals surface area contributed by atoms with Gasteiger partial charge in [-0.3, -0.25) is 9.69 Å². The maximum Gasteiger partial charge on any atom is 0.251 e. The first-order chi connectivity index (χ1) is 14.6. The lowest BCUT2D eigenvalue weighted by atomic mass is 10.2. The van der Waals surface area contributed by atoms with Crippen LogP contribution in [0.4, 0.5) is 5.69 Å². The molecule has 1 aliphatic heterocycles. The monoisotopic (exact) mass is 413 g/mol.